The minimum atomic E-state index is -2.60. The molecule has 1 aromatic carbocycles. The first-order valence-corrected chi connectivity index (χ1v) is 8.88. The Morgan fingerprint density at radius 2 is 2.06 bits per heavy atom. The van der Waals surface area contributed by atoms with Gasteiger partial charge in [0, 0.05) is 16.2 Å². The van der Waals surface area contributed by atoms with Crippen molar-refractivity contribution in [1.82, 2.24) is 0 Å². The fourth-order valence-corrected chi connectivity index (χ4v) is 4.60. The lowest BCUT2D eigenvalue weighted by molar-refractivity contribution is 0.331. The normalized spacial score (nSPS) is 14.2. The zero-order valence-electron chi connectivity index (χ0n) is 11.1. The lowest BCUT2D eigenvalue weighted by atomic mass is 10.2. The van der Waals surface area contributed by atoms with Crippen molar-refractivity contribution in [3.63, 3.8) is 0 Å². The maximum atomic E-state index is 12.7. The molecule has 0 heterocycles. The van der Waals surface area contributed by atoms with Crippen molar-refractivity contribution in [1.29, 1.82) is 0 Å². The Labute approximate surface area is 117 Å². The van der Waals surface area contributed by atoms with E-state index in [1.807, 2.05) is 32.0 Å². The summed E-state index contributed by atoms with van der Waals surface area (Å²) in [6.45, 7) is 4.37. The van der Waals surface area contributed by atoms with Gasteiger partial charge in [0.2, 0.25) is 7.37 Å². The summed E-state index contributed by atoms with van der Waals surface area (Å²) in [5.74, 6) is 0.759. The van der Waals surface area contributed by atoms with Crippen LogP contribution in [0.1, 0.15) is 25.8 Å². The van der Waals surface area contributed by atoms with Gasteiger partial charge in [-0.1, -0.05) is 22.9 Å². The maximum Gasteiger partial charge on any atom is 0.207 e. The predicted molar refractivity (Wildman–Crippen MR) is 78.8 cm³/mol. The van der Waals surface area contributed by atoms with Gasteiger partial charge in [-0.3, -0.25) is 4.57 Å². The maximum absolute atomic E-state index is 12.7. The molecule has 0 aliphatic rings. The third-order valence-electron chi connectivity index (χ3n) is 2.58. The molecule has 18 heavy (non-hydrogen) atoms. The molecule has 0 saturated heterocycles. The summed E-state index contributed by atoms with van der Waals surface area (Å²) in [5, 5.41) is 0. The Bertz CT molecular complexity index is 424. The Morgan fingerprint density at radius 1 is 1.33 bits per heavy atom. The predicted octanol–water partition coefficient (Wildman–Crippen LogP) is 4.68. The molecular formula is C13H20BrO3P. The van der Waals surface area contributed by atoms with E-state index in [2.05, 4.69) is 15.9 Å². The summed E-state index contributed by atoms with van der Waals surface area (Å²) >= 11 is 3.42. The fraction of sp³-hybridized carbons (Fsp3) is 0.538. The molecule has 1 aromatic rings. The van der Waals surface area contributed by atoms with Crippen LogP contribution < -0.4 is 4.74 Å². The fourth-order valence-electron chi connectivity index (χ4n) is 1.90. The molecule has 0 N–H and O–H groups in total. The van der Waals surface area contributed by atoms with Crippen LogP contribution in [0.25, 0.3) is 0 Å². The standard InChI is InChI=1S/C13H20BrO3P/c1-4-8-18(15,17-5-2)10-11-9-12(14)6-7-13(11)16-3/h6-7,9H,4-5,8,10H2,1-3H3. The van der Waals surface area contributed by atoms with Gasteiger partial charge in [0.25, 0.3) is 0 Å². The minimum Gasteiger partial charge on any atom is -0.496 e. The molecule has 0 saturated carbocycles. The molecule has 0 aromatic heterocycles. The van der Waals surface area contributed by atoms with Gasteiger partial charge in [-0.05, 0) is 31.5 Å². The van der Waals surface area contributed by atoms with Crippen LogP contribution in [0.3, 0.4) is 0 Å². The molecule has 1 atom stereocenters. The molecule has 0 fully saturated rings. The second kappa shape index (κ2) is 7.32. The quantitative estimate of drug-likeness (QED) is 0.679. The van der Waals surface area contributed by atoms with Crippen LogP contribution in [0.15, 0.2) is 22.7 Å². The molecular weight excluding hydrogens is 315 g/mol. The number of rotatable bonds is 7. The molecule has 0 aliphatic heterocycles. The van der Waals surface area contributed by atoms with Crippen molar-refractivity contribution in [3.05, 3.63) is 28.2 Å². The van der Waals surface area contributed by atoms with E-state index in [-0.39, 0.29) is 0 Å². The highest BCUT2D eigenvalue weighted by atomic mass is 79.9. The highest BCUT2D eigenvalue weighted by Crippen LogP contribution is 2.52. The van der Waals surface area contributed by atoms with E-state index in [1.54, 1.807) is 7.11 Å². The van der Waals surface area contributed by atoms with Gasteiger partial charge in [0.05, 0.1) is 19.9 Å². The SMILES string of the molecule is CCCP(=O)(Cc1cc(Br)ccc1OC)OCC. The molecule has 5 heteroatoms. The van der Waals surface area contributed by atoms with Crippen molar-refractivity contribution < 1.29 is 13.8 Å². The number of ether oxygens (including phenoxy) is 1. The third-order valence-corrected chi connectivity index (χ3v) is 5.76. The number of hydrogen-bond donors (Lipinski definition) is 0. The molecule has 3 nitrogen and oxygen atoms in total. The van der Waals surface area contributed by atoms with E-state index < -0.39 is 7.37 Å². The van der Waals surface area contributed by atoms with Crippen LogP contribution in [0.5, 0.6) is 5.75 Å². The number of halogens is 1. The highest BCUT2D eigenvalue weighted by molar-refractivity contribution is 9.10. The monoisotopic (exact) mass is 334 g/mol. The van der Waals surface area contributed by atoms with Crippen LogP contribution >= 0.6 is 23.3 Å². The molecule has 0 bridgehead atoms. The van der Waals surface area contributed by atoms with Gasteiger partial charge in [-0.25, -0.2) is 0 Å². The molecule has 0 radical (unpaired) electrons. The highest BCUT2D eigenvalue weighted by Gasteiger charge is 2.23. The lowest BCUT2D eigenvalue weighted by Gasteiger charge is -2.18. The van der Waals surface area contributed by atoms with Crippen molar-refractivity contribution in [3.8, 4) is 5.75 Å². The van der Waals surface area contributed by atoms with Crippen molar-refractivity contribution in [2.75, 3.05) is 19.9 Å². The first kappa shape index (κ1) is 15.7. The first-order valence-electron chi connectivity index (χ1n) is 6.09. The molecule has 1 unspecified atom stereocenters. The van der Waals surface area contributed by atoms with Crippen molar-refractivity contribution in [2.24, 2.45) is 0 Å². The zero-order valence-corrected chi connectivity index (χ0v) is 13.6. The average molecular weight is 335 g/mol. The molecule has 0 amide bonds. The number of hydrogen-bond acceptors (Lipinski definition) is 3. The van der Waals surface area contributed by atoms with Gasteiger partial charge < -0.3 is 9.26 Å². The first-order chi connectivity index (χ1) is 8.54. The topological polar surface area (TPSA) is 35.5 Å². The van der Waals surface area contributed by atoms with E-state index >= 15 is 0 Å². The smallest absolute Gasteiger partial charge is 0.207 e. The molecule has 102 valence electrons. The van der Waals surface area contributed by atoms with Crippen LogP contribution in [-0.2, 0) is 15.3 Å². The Hall–Kier alpha value is -0.310. The van der Waals surface area contributed by atoms with Crippen LogP contribution in [0.4, 0.5) is 0 Å². The Kier molecular flexibility index (Phi) is 6.40. The minimum absolute atomic E-state index is 0.428. The number of benzene rings is 1. The zero-order chi connectivity index (χ0) is 13.6. The number of methoxy groups -OCH3 is 1. The van der Waals surface area contributed by atoms with E-state index in [0.29, 0.717) is 18.9 Å². The van der Waals surface area contributed by atoms with Crippen LogP contribution in [0.2, 0.25) is 0 Å². The van der Waals surface area contributed by atoms with Gasteiger partial charge in [-0.2, -0.15) is 0 Å². The third kappa shape index (κ3) is 4.42. The lowest BCUT2D eigenvalue weighted by Crippen LogP contribution is -2.00. The van der Waals surface area contributed by atoms with Crippen molar-refractivity contribution in [2.45, 2.75) is 26.4 Å². The summed E-state index contributed by atoms with van der Waals surface area (Å²) in [7, 11) is -0.979. The Balaban J connectivity index is 2.99. The van der Waals surface area contributed by atoms with E-state index in [1.165, 1.54) is 0 Å². The summed E-state index contributed by atoms with van der Waals surface area (Å²) < 4.78 is 24.4. The Morgan fingerprint density at radius 3 is 2.61 bits per heavy atom. The molecule has 0 spiro atoms. The molecule has 1 rings (SSSR count). The largest absolute Gasteiger partial charge is 0.496 e. The summed E-state index contributed by atoms with van der Waals surface area (Å²) in [6.07, 6.45) is 1.89. The second-order valence-corrected chi connectivity index (χ2v) is 7.64. The van der Waals surface area contributed by atoms with Crippen LogP contribution in [-0.4, -0.2) is 19.9 Å². The molecule has 0 aliphatic carbocycles. The van der Waals surface area contributed by atoms with Crippen molar-refractivity contribution >= 4 is 23.3 Å². The van der Waals surface area contributed by atoms with Gasteiger partial charge in [-0.15, -0.1) is 0 Å². The van der Waals surface area contributed by atoms with Crippen LogP contribution in [0, 0.1) is 0 Å². The van der Waals surface area contributed by atoms with Gasteiger partial charge >= 0.3 is 0 Å². The van der Waals surface area contributed by atoms with Gasteiger partial charge in [0.1, 0.15) is 5.75 Å². The summed E-state index contributed by atoms with van der Waals surface area (Å²) in [6, 6.07) is 5.73. The van der Waals surface area contributed by atoms with E-state index in [4.69, 9.17) is 9.26 Å². The van der Waals surface area contributed by atoms with Gasteiger partial charge in [0.15, 0.2) is 0 Å². The van der Waals surface area contributed by atoms with E-state index in [0.717, 1.165) is 22.2 Å². The average Bonchev–Trinajstić information content (AvgIpc) is 2.29. The summed E-state index contributed by atoms with van der Waals surface area (Å²) in [5.41, 5.74) is 0.928. The second-order valence-electron chi connectivity index (χ2n) is 4.07. The summed E-state index contributed by atoms with van der Waals surface area (Å²) in [4.78, 5) is 0. The van der Waals surface area contributed by atoms with E-state index in [9.17, 15) is 4.57 Å².